The van der Waals surface area contributed by atoms with E-state index in [1.807, 2.05) is 0 Å². The lowest BCUT2D eigenvalue weighted by Gasteiger charge is -2.42. The summed E-state index contributed by atoms with van der Waals surface area (Å²) >= 11 is 0. The average Bonchev–Trinajstić information content (AvgIpc) is 3.01. The number of hydrogen-bond acceptors (Lipinski definition) is 2. The van der Waals surface area contributed by atoms with Gasteiger partial charge in [-0.25, -0.2) is 0 Å². The summed E-state index contributed by atoms with van der Waals surface area (Å²) in [5, 5.41) is 0. The molecule has 19 heavy (non-hydrogen) atoms. The molecule has 0 aromatic heterocycles. The third-order valence-corrected chi connectivity index (χ3v) is 8.89. The van der Waals surface area contributed by atoms with E-state index >= 15 is 0 Å². The Hall–Kier alpha value is -0.383. The monoisotopic (exact) mass is 280 g/mol. The highest BCUT2D eigenvalue weighted by Gasteiger charge is 2.53. The first-order chi connectivity index (χ1) is 9.04. The van der Waals surface area contributed by atoms with Gasteiger partial charge in [-0.05, 0) is 53.4 Å². The summed E-state index contributed by atoms with van der Waals surface area (Å²) < 4.78 is 13.1. The minimum absolute atomic E-state index is 0.256. The third-order valence-electron chi connectivity index (χ3n) is 3.99. The van der Waals surface area contributed by atoms with E-state index in [0.29, 0.717) is 11.1 Å². The molecule has 3 heteroatoms. The minimum Gasteiger partial charge on any atom is -0.391 e. The van der Waals surface area contributed by atoms with E-state index in [2.05, 4.69) is 52.0 Å². The molecule has 0 aromatic carbocycles. The summed E-state index contributed by atoms with van der Waals surface area (Å²) in [6.07, 6.45) is 14.3. The van der Waals surface area contributed by atoms with E-state index in [0.717, 1.165) is 25.7 Å². The van der Waals surface area contributed by atoms with E-state index in [9.17, 15) is 0 Å². The molecule has 0 spiro atoms. The van der Waals surface area contributed by atoms with Gasteiger partial charge in [-0.2, -0.15) is 0 Å². The summed E-state index contributed by atoms with van der Waals surface area (Å²) in [6, 6.07) is 0. The van der Waals surface area contributed by atoms with Crippen molar-refractivity contribution in [3.8, 4) is 0 Å². The molecule has 0 saturated carbocycles. The normalized spacial score (nSPS) is 21.4. The van der Waals surface area contributed by atoms with Crippen molar-refractivity contribution in [2.24, 2.45) is 0 Å². The zero-order chi connectivity index (χ0) is 13.9. The van der Waals surface area contributed by atoms with Gasteiger partial charge in [-0.1, -0.05) is 24.3 Å². The van der Waals surface area contributed by atoms with Crippen LogP contribution in [0.3, 0.4) is 0 Å². The van der Waals surface area contributed by atoms with Gasteiger partial charge in [-0.3, -0.25) is 0 Å². The predicted octanol–water partition coefficient (Wildman–Crippen LogP) is 4.72. The average molecular weight is 280 g/mol. The fourth-order valence-electron chi connectivity index (χ4n) is 3.37. The standard InChI is InChI=1S/C16H28O2Si/c1-13(2)17-19(18-14(3)4,15-9-5-6-10-15)16-11-7-8-12-16/h5-8,13-16H,9-12H2,1-4H3. The Kier molecular flexibility index (Phi) is 5.04. The molecule has 2 aliphatic carbocycles. The van der Waals surface area contributed by atoms with Crippen LogP contribution in [0.1, 0.15) is 53.4 Å². The lowest BCUT2D eigenvalue weighted by atomic mass is 10.3. The van der Waals surface area contributed by atoms with Gasteiger partial charge in [0.05, 0.1) is 0 Å². The molecule has 0 heterocycles. The predicted molar refractivity (Wildman–Crippen MR) is 82.4 cm³/mol. The van der Waals surface area contributed by atoms with Crippen LogP contribution in [0.2, 0.25) is 11.1 Å². The van der Waals surface area contributed by atoms with Crippen LogP contribution in [0.25, 0.3) is 0 Å². The van der Waals surface area contributed by atoms with E-state index in [1.165, 1.54) is 0 Å². The highest BCUT2D eigenvalue weighted by molar-refractivity contribution is 6.71. The van der Waals surface area contributed by atoms with E-state index < -0.39 is 8.56 Å². The van der Waals surface area contributed by atoms with Crippen LogP contribution in [-0.4, -0.2) is 20.8 Å². The topological polar surface area (TPSA) is 18.5 Å². The number of hydrogen-bond donors (Lipinski definition) is 0. The Morgan fingerprint density at radius 2 is 1.05 bits per heavy atom. The Morgan fingerprint density at radius 3 is 1.32 bits per heavy atom. The van der Waals surface area contributed by atoms with E-state index in [1.54, 1.807) is 0 Å². The van der Waals surface area contributed by atoms with Crippen LogP contribution < -0.4 is 0 Å². The van der Waals surface area contributed by atoms with E-state index in [-0.39, 0.29) is 12.2 Å². The largest absolute Gasteiger partial charge is 0.391 e. The Balaban J connectivity index is 2.24. The maximum Gasteiger partial charge on any atom is 0.346 e. The zero-order valence-electron chi connectivity index (χ0n) is 12.8. The van der Waals surface area contributed by atoms with Crippen molar-refractivity contribution in [3.63, 3.8) is 0 Å². The maximum atomic E-state index is 6.55. The molecule has 2 nitrogen and oxygen atoms in total. The quantitative estimate of drug-likeness (QED) is 0.518. The molecule has 0 amide bonds. The lowest BCUT2D eigenvalue weighted by molar-refractivity contribution is 0.0892. The fourth-order valence-corrected chi connectivity index (χ4v) is 8.20. The second-order valence-corrected chi connectivity index (χ2v) is 9.88. The molecule has 0 unspecified atom stereocenters. The van der Waals surface area contributed by atoms with Gasteiger partial charge < -0.3 is 8.85 Å². The number of rotatable bonds is 6. The first-order valence-corrected chi connectivity index (χ1v) is 9.67. The van der Waals surface area contributed by atoms with Gasteiger partial charge in [0, 0.05) is 23.3 Å². The second-order valence-electron chi connectivity index (χ2n) is 6.33. The van der Waals surface area contributed by atoms with Gasteiger partial charge in [0.2, 0.25) is 0 Å². The Morgan fingerprint density at radius 1 is 0.737 bits per heavy atom. The zero-order valence-corrected chi connectivity index (χ0v) is 13.8. The molecule has 2 aliphatic rings. The van der Waals surface area contributed by atoms with Gasteiger partial charge in [0.15, 0.2) is 0 Å². The molecule has 0 aromatic rings. The molecule has 108 valence electrons. The molecule has 0 N–H and O–H groups in total. The van der Waals surface area contributed by atoms with Gasteiger partial charge in [0.1, 0.15) is 0 Å². The summed E-state index contributed by atoms with van der Waals surface area (Å²) in [5.41, 5.74) is 1.20. The molecule has 0 saturated heterocycles. The van der Waals surface area contributed by atoms with Crippen LogP contribution in [0.5, 0.6) is 0 Å². The van der Waals surface area contributed by atoms with Crippen molar-refractivity contribution < 1.29 is 8.85 Å². The minimum atomic E-state index is -2.18. The summed E-state index contributed by atoms with van der Waals surface area (Å²) in [5.74, 6) is 0. The first-order valence-electron chi connectivity index (χ1n) is 7.70. The summed E-state index contributed by atoms with van der Waals surface area (Å²) in [7, 11) is -2.18. The number of allylic oxidation sites excluding steroid dienone is 4. The Bertz CT molecular complexity index is 297. The highest BCUT2D eigenvalue weighted by atomic mass is 28.4. The van der Waals surface area contributed by atoms with Crippen molar-refractivity contribution in [2.75, 3.05) is 0 Å². The van der Waals surface area contributed by atoms with Gasteiger partial charge >= 0.3 is 8.56 Å². The van der Waals surface area contributed by atoms with Crippen molar-refractivity contribution in [2.45, 2.75) is 76.7 Å². The van der Waals surface area contributed by atoms with Crippen LogP contribution in [0.4, 0.5) is 0 Å². The van der Waals surface area contributed by atoms with Gasteiger partial charge in [-0.15, -0.1) is 0 Å². The van der Waals surface area contributed by atoms with Crippen molar-refractivity contribution >= 4 is 8.56 Å². The highest BCUT2D eigenvalue weighted by Crippen LogP contribution is 2.48. The van der Waals surface area contributed by atoms with Crippen LogP contribution in [0.15, 0.2) is 24.3 Å². The lowest BCUT2D eigenvalue weighted by Crippen LogP contribution is -2.53. The molecule has 0 atom stereocenters. The summed E-state index contributed by atoms with van der Waals surface area (Å²) in [4.78, 5) is 0. The molecule has 2 rings (SSSR count). The molecular weight excluding hydrogens is 252 g/mol. The molecule has 0 bridgehead atoms. The van der Waals surface area contributed by atoms with Crippen LogP contribution >= 0.6 is 0 Å². The molecule has 0 aliphatic heterocycles. The third kappa shape index (κ3) is 3.39. The molecule has 0 radical (unpaired) electrons. The summed E-state index contributed by atoms with van der Waals surface area (Å²) in [6.45, 7) is 8.60. The second kappa shape index (κ2) is 6.38. The SMILES string of the molecule is CC(C)O[Si](OC(C)C)(C1CC=CC1)C1CC=CC1. The van der Waals surface area contributed by atoms with Crippen LogP contribution in [0, 0.1) is 0 Å². The molecule has 0 fully saturated rings. The van der Waals surface area contributed by atoms with Crippen molar-refractivity contribution in [1.29, 1.82) is 0 Å². The van der Waals surface area contributed by atoms with Crippen molar-refractivity contribution in [3.05, 3.63) is 24.3 Å². The first kappa shape index (κ1) is 15.0. The fraction of sp³-hybridized carbons (Fsp3) is 0.750. The Labute approximate surface area is 119 Å². The maximum absolute atomic E-state index is 6.55. The molecular formula is C16H28O2Si. The van der Waals surface area contributed by atoms with Crippen molar-refractivity contribution in [1.82, 2.24) is 0 Å². The van der Waals surface area contributed by atoms with Gasteiger partial charge in [0.25, 0.3) is 0 Å². The smallest absolute Gasteiger partial charge is 0.346 e. The van der Waals surface area contributed by atoms with E-state index in [4.69, 9.17) is 8.85 Å². The van der Waals surface area contributed by atoms with Crippen LogP contribution in [-0.2, 0) is 8.85 Å².